The van der Waals surface area contributed by atoms with Gasteiger partial charge in [-0.2, -0.15) is 0 Å². The standard InChI is InChI=1S/C24H23FN2O/c1-15-4-7-20-18(12-15)24-21-8-6-17(26(21)2)14-22(24)27(20)11-10-16-5-9-23(28-3)19(25)13-16/h4-5,7,9,12-13,17,21H,6,8,14H2,1-3H3. The van der Waals surface area contributed by atoms with Crippen LogP contribution in [0.2, 0.25) is 0 Å². The number of methoxy groups -OCH3 is 1. The van der Waals surface area contributed by atoms with Gasteiger partial charge in [-0.05, 0) is 68.6 Å². The molecule has 0 spiro atoms. The van der Waals surface area contributed by atoms with Gasteiger partial charge < -0.3 is 4.74 Å². The predicted molar refractivity (Wildman–Crippen MR) is 109 cm³/mol. The van der Waals surface area contributed by atoms with E-state index in [4.69, 9.17) is 4.74 Å². The molecule has 0 N–H and O–H groups in total. The Morgan fingerprint density at radius 2 is 2.00 bits per heavy atom. The molecule has 1 aromatic heterocycles. The fraction of sp³-hybridized carbons (Fsp3) is 0.333. The highest BCUT2D eigenvalue weighted by Gasteiger charge is 2.40. The van der Waals surface area contributed by atoms with Gasteiger partial charge >= 0.3 is 0 Å². The van der Waals surface area contributed by atoms with Gasteiger partial charge in [0.05, 0.1) is 12.6 Å². The summed E-state index contributed by atoms with van der Waals surface area (Å²) in [7, 11) is 3.71. The van der Waals surface area contributed by atoms with Gasteiger partial charge in [-0.3, -0.25) is 9.47 Å². The second kappa shape index (κ2) is 6.39. The van der Waals surface area contributed by atoms with Crippen LogP contribution in [-0.2, 0) is 6.42 Å². The maximum atomic E-state index is 14.0. The van der Waals surface area contributed by atoms with Crippen LogP contribution in [0.5, 0.6) is 5.75 Å². The first-order chi connectivity index (χ1) is 13.6. The smallest absolute Gasteiger partial charge is 0.166 e. The van der Waals surface area contributed by atoms with Gasteiger partial charge in [0.25, 0.3) is 0 Å². The highest BCUT2D eigenvalue weighted by molar-refractivity contribution is 5.88. The summed E-state index contributed by atoms with van der Waals surface area (Å²) in [6.07, 6.45) is 3.46. The van der Waals surface area contributed by atoms with Crippen molar-refractivity contribution in [1.29, 1.82) is 0 Å². The summed E-state index contributed by atoms with van der Waals surface area (Å²) >= 11 is 0. The van der Waals surface area contributed by atoms with Crippen molar-refractivity contribution in [2.45, 2.75) is 38.3 Å². The van der Waals surface area contributed by atoms with E-state index in [0.29, 0.717) is 17.6 Å². The van der Waals surface area contributed by atoms with Crippen LogP contribution in [0.1, 0.15) is 41.3 Å². The van der Waals surface area contributed by atoms with Crippen molar-refractivity contribution in [3.05, 3.63) is 64.6 Å². The van der Waals surface area contributed by atoms with Gasteiger partial charge in [0.15, 0.2) is 11.6 Å². The van der Waals surface area contributed by atoms with Crippen LogP contribution >= 0.6 is 0 Å². The van der Waals surface area contributed by atoms with E-state index in [2.05, 4.69) is 53.6 Å². The highest BCUT2D eigenvalue weighted by atomic mass is 19.1. The average Bonchev–Trinajstić information content (AvgIpc) is 3.09. The zero-order valence-corrected chi connectivity index (χ0v) is 16.4. The molecular formula is C24H23FN2O. The summed E-state index contributed by atoms with van der Waals surface area (Å²) in [5, 5.41) is 1.31. The van der Waals surface area contributed by atoms with E-state index in [1.807, 2.05) is 0 Å². The highest BCUT2D eigenvalue weighted by Crippen LogP contribution is 2.46. The van der Waals surface area contributed by atoms with Crippen LogP contribution in [0.4, 0.5) is 4.39 Å². The topological polar surface area (TPSA) is 17.4 Å². The molecule has 2 bridgehead atoms. The van der Waals surface area contributed by atoms with Gasteiger partial charge in [-0.25, -0.2) is 4.39 Å². The minimum atomic E-state index is -0.385. The van der Waals surface area contributed by atoms with Crippen LogP contribution in [0.25, 0.3) is 10.9 Å². The van der Waals surface area contributed by atoms with Gasteiger partial charge in [0.1, 0.15) is 0 Å². The van der Waals surface area contributed by atoms with Crippen LogP contribution in [0.3, 0.4) is 0 Å². The van der Waals surface area contributed by atoms with Crippen molar-refractivity contribution < 1.29 is 9.13 Å². The Hall–Kier alpha value is -2.77. The number of ether oxygens (including phenoxy) is 1. The first-order valence-electron chi connectivity index (χ1n) is 9.78. The molecule has 2 aromatic carbocycles. The Balaban J connectivity index is 1.68. The molecule has 0 aliphatic carbocycles. The molecule has 2 aliphatic rings. The number of hydrogen-bond donors (Lipinski definition) is 0. The Labute approximate surface area is 164 Å². The number of benzene rings is 2. The van der Waals surface area contributed by atoms with E-state index in [1.54, 1.807) is 12.1 Å². The first-order valence-corrected chi connectivity index (χ1v) is 9.78. The maximum Gasteiger partial charge on any atom is 0.166 e. The normalized spacial score (nSPS) is 20.7. The van der Waals surface area contributed by atoms with Crippen LogP contribution in [-0.4, -0.2) is 29.7 Å². The van der Waals surface area contributed by atoms with Crippen molar-refractivity contribution in [2.75, 3.05) is 14.2 Å². The third-order valence-electron chi connectivity index (χ3n) is 6.33. The summed E-state index contributed by atoms with van der Waals surface area (Å²) in [6, 6.07) is 15.8. The Morgan fingerprint density at radius 3 is 2.79 bits per heavy atom. The lowest BCUT2D eigenvalue weighted by atomic mass is 9.97. The molecule has 28 heavy (non-hydrogen) atoms. The fourth-order valence-electron chi connectivity index (χ4n) is 4.88. The monoisotopic (exact) mass is 374 g/mol. The molecule has 2 aliphatic heterocycles. The number of aromatic nitrogens is 1. The molecule has 0 radical (unpaired) electrons. The largest absolute Gasteiger partial charge is 0.494 e. The number of aryl methyl sites for hydroxylation is 1. The zero-order valence-electron chi connectivity index (χ0n) is 16.4. The lowest BCUT2D eigenvalue weighted by molar-refractivity contribution is 0.223. The Bertz CT molecular complexity index is 1150. The molecule has 1 fully saturated rings. The van der Waals surface area contributed by atoms with Crippen molar-refractivity contribution >= 4 is 10.9 Å². The Kier molecular flexibility index (Phi) is 3.96. The fourth-order valence-corrected chi connectivity index (χ4v) is 4.88. The van der Waals surface area contributed by atoms with Gasteiger partial charge in [-0.15, -0.1) is 0 Å². The average molecular weight is 374 g/mol. The molecule has 0 saturated carbocycles. The summed E-state index contributed by atoms with van der Waals surface area (Å²) in [5.74, 6) is 3.02. The number of nitrogens with zero attached hydrogens (tertiary/aromatic N) is 2. The molecule has 3 nitrogen and oxygen atoms in total. The van der Waals surface area contributed by atoms with E-state index < -0.39 is 0 Å². The molecule has 142 valence electrons. The molecule has 0 amide bonds. The summed E-state index contributed by atoms with van der Waals surface area (Å²) < 4.78 is 21.2. The number of halogens is 1. The quantitative estimate of drug-likeness (QED) is 0.577. The van der Waals surface area contributed by atoms with Crippen LogP contribution in [0, 0.1) is 24.7 Å². The number of rotatable bonds is 1. The Morgan fingerprint density at radius 1 is 1.14 bits per heavy atom. The molecule has 3 aromatic rings. The van der Waals surface area contributed by atoms with Crippen molar-refractivity contribution in [2.24, 2.45) is 0 Å². The molecule has 5 rings (SSSR count). The number of hydrogen-bond acceptors (Lipinski definition) is 2. The summed E-state index contributed by atoms with van der Waals surface area (Å²) in [5.41, 5.74) is 5.83. The third kappa shape index (κ3) is 2.54. The second-order valence-electron chi connectivity index (χ2n) is 7.92. The SMILES string of the molecule is COc1ccc(C#Cn2c3c(c4cc(C)ccc42)C2CCC(C3)N2C)cc1F. The van der Waals surface area contributed by atoms with Gasteiger partial charge in [0.2, 0.25) is 0 Å². The van der Waals surface area contributed by atoms with Crippen molar-refractivity contribution in [1.82, 2.24) is 9.47 Å². The van der Waals surface area contributed by atoms with Crippen LogP contribution in [0.15, 0.2) is 36.4 Å². The molecule has 4 heteroatoms. The predicted octanol–water partition coefficient (Wildman–Crippen LogP) is 4.65. The van der Waals surface area contributed by atoms with E-state index in [0.717, 1.165) is 11.9 Å². The molecule has 3 heterocycles. The lowest BCUT2D eigenvalue weighted by Gasteiger charge is -2.31. The van der Waals surface area contributed by atoms with Crippen LogP contribution < -0.4 is 4.74 Å². The van der Waals surface area contributed by atoms with E-state index >= 15 is 0 Å². The molecule has 2 unspecified atom stereocenters. The van der Waals surface area contributed by atoms with Gasteiger partial charge in [-0.1, -0.05) is 11.6 Å². The first kappa shape index (κ1) is 17.3. The third-order valence-corrected chi connectivity index (χ3v) is 6.33. The van der Waals surface area contributed by atoms with Crippen molar-refractivity contribution in [3.8, 4) is 17.7 Å². The van der Waals surface area contributed by atoms with E-state index in [9.17, 15) is 4.39 Å². The second-order valence-corrected chi connectivity index (χ2v) is 7.92. The number of likely N-dealkylation sites (N-methyl/N-ethyl adjacent to an activating group) is 1. The summed E-state index contributed by atoms with van der Waals surface area (Å²) in [6.45, 7) is 2.14. The van der Waals surface area contributed by atoms with Gasteiger partial charge in [0, 0.05) is 41.2 Å². The maximum absolute atomic E-state index is 14.0. The lowest BCUT2D eigenvalue weighted by Crippen LogP contribution is -2.34. The minimum absolute atomic E-state index is 0.240. The van der Waals surface area contributed by atoms with Crippen molar-refractivity contribution in [3.63, 3.8) is 0 Å². The minimum Gasteiger partial charge on any atom is -0.494 e. The summed E-state index contributed by atoms with van der Waals surface area (Å²) in [4.78, 5) is 2.53. The molecular weight excluding hydrogens is 351 g/mol. The number of fused-ring (bicyclic) bond motifs is 6. The molecule has 2 atom stereocenters. The zero-order chi connectivity index (χ0) is 19.4. The van der Waals surface area contributed by atoms with E-state index in [1.165, 1.54) is 48.2 Å². The van der Waals surface area contributed by atoms with E-state index in [-0.39, 0.29) is 11.6 Å². The molecule has 1 saturated heterocycles.